The average molecular weight is 288 g/mol. The van der Waals surface area contributed by atoms with E-state index in [0.29, 0.717) is 18.9 Å². The van der Waals surface area contributed by atoms with E-state index in [1.165, 1.54) is 0 Å². The van der Waals surface area contributed by atoms with Crippen molar-refractivity contribution in [1.82, 2.24) is 5.48 Å². The molecule has 0 aliphatic heterocycles. The Hall–Kier alpha value is -0.710. The van der Waals surface area contributed by atoms with E-state index in [0.717, 1.165) is 15.7 Å². The van der Waals surface area contributed by atoms with Crippen LogP contribution >= 0.6 is 23.4 Å². The number of hydrogen-bond acceptors (Lipinski definition) is 3. The number of hydroxylamine groups is 1. The average Bonchev–Trinajstić information content (AvgIpc) is 2.31. The minimum Gasteiger partial charge on any atom is -0.273 e. The molecule has 1 aromatic rings. The number of halogens is 1. The number of rotatable bonds is 7. The molecule has 18 heavy (non-hydrogen) atoms. The van der Waals surface area contributed by atoms with Crippen LogP contribution in [0.3, 0.4) is 0 Å². The van der Waals surface area contributed by atoms with Gasteiger partial charge < -0.3 is 0 Å². The van der Waals surface area contributed by atoms with E-state index >= 15 is 0 Å². The molecule has 0 aliphatic rings. The lowest BCUT2D eigenvalue weighted by molar-refractivity contribution is -0.133. The Bertz CT molecular complexity index is 368. The van der Waals surface area contributed by atoms with Crippen molar-refractivity contribution in [3.8, 4) is 0 Å². The van der Waals surface area contributed by atoms with Gasteiger partial charge in [0.25, 0.3) is 0 Å². The minimum atomic E-state index is -0.0860. The molecule has 100 valence electrons. The summed E-state index contributed by atoms with van der Waals surface area (Å²) in [7, 11) is 0. The lowest BCUT2D eigenvalue weighted by atomic mass is 10.2. The van der Waals surface area contributed by atoms with Crippen LogP contribution in [0.4, 0.5) is 0 Å². The predicted octanol–water partition coefficient (Wildman–Crippen LogP) is 3.53. The highest BCUT2D eigenvalue weighted by atomic mass is 35.5. The molecule has 0 bridgehead atoms. The fraction of sp³-hybridized carbons (Fsp3) is 0.462. The van der Waals surface area contributed by atoms with Crippen molar-refractivity contribution in [1.29, 1.82) is 0 Å². The summed E-state index contributed by atoms with van der Waals surface area (Å²) in [5, 5.41) is 0.721. The van der Waals surface area contributed by atoms with Gasteiger partial charge in [0.1, 0.15) is 0 Å². The molecule has 0 saturated heterocycles. The van der Waals surface area contributed by atoms with Crippen molar-refractivity contribution in [2.45, 2.75) is 25.2 Å². The number of nitrogens with one attached hydrogen (secondary N) is 1. The lowest BCUT2D eigenvalue weighted by Crippen LogP contribution is -2.25. The third-order valence-electron chi connectivity index (χ3n) is 2.01. The van der Waals surface area contributed by atoms with Gasteiger partial charge in [-0.2, -0.15) is 0 Å². The highest BCUT2D eigenvalue weighted by molar-refractivity contribution is 7.99. The van der Waals surface area contributed by atoms with Crippen molar-refractivity contribution in [2.24, 2.45) is 5.92 Å². The van der Waals surface area contributed by atoms with E-state index in [9.17, 15) is 4.79 Å². The van der Waals surface area contributed by atoms with Crippen LogP contribution in [0.5, 0.6) is 0 Å². The first-order valence-electron chi connectivity index (χ1n) is 5.87. The molecule has 1 rings (SSSR count). The lowest BCUT2D eigenvalue weighted by Gasteiger charge is -2.07. The summed E-state index contributed by atoms with van der Waals surface area (Å²) in [4.78, 5) is 17.6. The van der Waals surface area contributed by atoms with Crippen LogP contribution in [0.15, 0.2) is 29.2 Å². The molecule has 1 N–H and O–H groups in total. The molecule has 0 spiro atoms. The molecule has 0 fully saturated rings. The molecule has 0 heterocycles. The summed E-state index contributed by atoms with van der Waals surface area (Å²) in [6.07, 6.45) is 0.436. The van der Waals surface area contributed by atoms with Gasteiger partial charge in [0.05, 0.1) is 6.61 Å². The molecule has 5 heteroatoms. The fourth-order valence-electron chi connectivity index (χ4n) is 1.13. The molecule has 0 unspecified atom stereocenters. The Balaban J connectivity index is 2.13. The second kappa shape index (κ2) is 8.40. The van der Waals surface area contributed by atoms with E-state index in [4.69, 9.17) is 16.4 Å². The zero-order valence-corrected chi connectivity index (χ0v) is 12.2. The van der Waals surface area contributed by atoms with Gasteiger partial charge in [-0.3, -0.25) is 9.63 Å². The molecular formula is C13H18ClNO2S. The van der Waals surface area contributed by atoms with Crippen molar-refractivity contribution in [3.63, 3.8) is 0 Å². The van der Waals surface area contributed by atoms with Crippen LogP contribution in [0, 0.1) is 5.92 Å². The molecule has 0 saturated carbocycles. The van der Waals surface area contributed by atoms with Crippen LogP contribution in [0.25, 0.3) is 0 Å². The maximum absolute atomic E-state index is 11.4. The van der Waals surface area contributed by atoms with Gasteiger partial charge >= 0.3 is 0 Å². The summed E-state index contributed by atoms with van der Waals surface area (Å²) in [6.45, 7) is 4.60. The Morgan fingerprint density at radius 1 is 1.39 bits per heavy atom. The van der Waals surface area contributed by atoms with E-state index in [1.807, 2.05) is 38.1 Å². The van der Waals surface area contributed by atoms with E-state index in [1.54, 1.807) is 11.8 Å². The smallest absolute Gasteiger partial charge is 0.244 e. The second-order valence-corrected chi connectivity index (χ2v) is 5.89. The Morgan fingerprint density at radius 3 is 2.67 bits per heavy atom. The highest BCUT2D eigenvalue weighted by Crippen LogP contribution is 2.20. The first-order valence-corrected chi connectivity index (χ1v) is 7.23. The van der Waals surface area contributed by atoms with Crippen molar-refractivity contribution in [2.75, 3.05) is 12.4 Å². The highest BCUT2D eigenvalue weighted by Gasteiger charge is 2.03. The third-order valence-corrected chi connectivity index (χ3v) is 3.28. The van der Waals surface area contributed by atoms with Gasteiger partial charge in [-0.25, -0.2) is 5.48 Å². The van der Waals surface area contributed by atoms with E-state index < -0.39 is 0 Å². The molecule has 0 radical (unpaired) electrons. The molecule has 0 aromatic heterocycles. The summed E-state index contributed by atoms with van der Waals surface area (Å²) < 4.78 is 0. The SMILES string of the molecule is CC(C)CONC(=O)CCSc1ccc(Cl)cc1. The maximum Gasteiger partial charge on any atom is 0.244 e. The fourth-order valence-corrected chi connectivity index (χ4v) is 2.11. The summed E-state index contributed by atoms with van der Waals surface area (Å²) >= 11 is 7.41. The number of carbonyl (C=O) groups is 1. The van der Waals surface area contributed by atoms with Gasteiger partial charge in [0.2, 0.25) is 5.91 Å². The summed E-state index contributed by atoms with van der Waals surface area (Å²) in [5.41, 5.74) is 2.44. The summed E-state index contributed by atoms with van der Waals surface area (Å²) in [6, 6.07) is 7.58. The first kappa shape index (κ1) is 15.3. The van der Waals surface area contributed by atoms with Crippen molar-refractivity contribution < 1.29 is 9.63 Å². The Morgan fingerprint density at radius 2 is 2.06 bits per heavy atom. The Labute approximate surface area is 117 Å². The molecule has 3 nitrogen and oxygen atoms in total. The molecular weight excluding hydrogens is 270 g/mol. The van der Waals surface area contributed by atoms with Crippen molar-refractivity contribution in [3.05, 3.63) is 29.3 Å². The quantitative estimate of drug-likeness (QED) is 0.616. The van der Waals surface area contributed by atoms with Gasteiger partial charge in [-0.05, 0) is 30.2 Å². The van der Waals surface area contributed by atoms with Crippen LogP contribution < -0.4 is 5.48 Å². The standard InChI is InChI=1S/C13H18ClNO2S/c1-10(2)9-17-15-13(16)7-8-18-12-5-3-11(14)4-6-12/h3-6,10H,7-9H2,1-2H3,(H,15,16). The third kappa shape index (κ3) is 6.89. The van der Waals surface area contributed by atoms with E-state index in [-0.39, 0.29) is 5.91 Å². The molecule has 0 atom stereocenters. The second-order valence-electron chi connectivity index (χ2n) is 4.28. The van der Waals surface area contributed by atoms with Crippen LogP contribution in [0.2, 0.25) is 5.02 Å². The molecule has 1 aromatic carbocycles. The largest absolute Gasteiger partial charge is 0.273 e. The zero-order valence-electron chi connectivity index (χ0n) is 10.6. The monoisotopic (exact) mass is 287 g/mol. The number of amides is 1. The predicted molar refractivity (Wildman–Crippen MR) is 75.7 cm³/mol. The molecule has 1 amide bonds. The zero-order chi connectivity index (χ0) is 13.4. The van der Waals surface area contributed by atoms with Crippen molar-refractivity contribution >= 4 is 29.3 Å². The number of carbonyl (C=O) groups excluding carboxylic acids is 1. The van der Waals surface area contributed by atoms with Gasteiger partial charge in [0.15, 0.2) is 0 Å². The number of thioether (sulfide) groups is 1. The molecule has 0 aliphatic carbocycles. The minimum absolute atomic E-state index is 0.0860. The maximum atomic E-state index is 11.4. The van der Waals surface area contributed by atoms with Gasteiger partial charge in [-0.1, -0.05) is 25.4 Å². The Kier molecular flexibility index (Phi) is 7.16. The van der Waals surface area contributed by atoms with Crippen LogP contribution in [-0.2, 0) is 9.63 Å². The topological polar surface area (TPSA) is 38.3 Å². The summed E-state index contributed by atoms with van der Waals surface area (Å²) in [5.74, 6) is 1.05. The number of hydrogen-bond donors (Lipinski definition) is 1. The van der Waals surface area contributed by atoms with Crippen LogP contribution in [0.1, 0.15) is 20.3 Å². The van der Waals surface area contributed by atoms with E-state index in [2.05, 4.69) is 5.48 Å². The first-order chi connectivity index (χ1) is 8.58. The normalized spacial score (nSPS) is 10.7. The van der Waals surface area contributed by atoms with Gasteiger partial charge in [0, 0.05) is 22.1 Å². The number of benzene rings is 1. The van der Waals surface area contributed by atoms with Gasteiger partial charge in [-0.15, -0.1) is 11.8 Å². The van der Waals surface area contributed by atoms with Crippen LogP contribution in [-0.4, -0.2) is 18.3 Å².